The number of amides is 2. The number of rotatable bonds is 7. The molecule has 3 aromatic carbocycles. The average molecular weight is 499 g/mol. The van der Waals surface area contributed by atoms with Gasteiger partial charge in [-0.3, -0.25) is 9.59 Å². The first-order valence-electron chi connectivity index (χ1n) is 10.9. The molecule has 0 bridgehead atoms. The molecule has 0 radical (unpaired) electrons. The fraction of sp³-hybridized carbons (Fsp3) is 0.259. The molecule has 0 unspecified atom stereocenters. The third kappa shape index (κ3) is 5.72. The van der Waals surface area contributed by atoms with Gasteiger partial charge in [0, 0.05) is 24.2 Å². The van der Waals surface area contributed by atoms with E-state index >= 15 is 0 Å². The number of nitrogens with one attached hydrogen (secondary N) is 1. The molecular weight excluding hydrogens is 471 g/mol. The smallest absolute Gasteiger partial charge is 0.255 e. The van der Waals surface area contributed by atoms with E-state index in [1.54, 1.807) is 30.2 Å². The van der Waals surface area contributed by atoms with Crippen LogP contribution in [0, 0.1) is 5.92 Å². The summed E-state index contributed by atoms with van der Waals surface area (Å²) in [6.45, 7) is 6.24. The van der Waals surface area contributed by atoms with Crippen LogP contribution in [0.1, 0.15) is 41.5 Å². The molecule has 178 valence electrons. The van der Waals surface area contributed by atoms with Crippen molar-refractivity contribution < 1.29 is 14.3 Å². The van der Waals surface area contributed by atoms with E-state index in [4.69, 9.17) is 27.9 Å². The molecule has 0 heterocycles. The molecule has 0 aromatic heterocycles. The highest BCUT2D eigenvalue weighted by Crippen LogP contribution is 2.32. The van der Waals surface area contributed by atoms with Crippen molar-refractivity contribution in [2.45, 2.75) is 26.8 Å². The molecule has 0 aliphatic carbocycles. The van der Waals surface area contributed by atoms with E-state index in [1.807, 2.05) is 50.4 Å². The first kappa shape index (κ1) is 25.6. The molecule has 3 aromatic rings. The van der Waals surface area contributed by atoms with Gasteiger partial charge in [0.05, 0.1) is 22.8 Å². The van der Waals surface area contributed by atoms with Crippen LogP contribution in [0.25, 0.3) is 11.1 Å². The molecule has 1 atom stereocenters. The monoisotopic (exact) mass is 498 g/mol. The van der Waals surface area contributed by atoms with Gasteiger partial charge in [-0.25, -0.2) is 0 Å². The molecule has 0 saturated carbocycles. The van der Waals surface area contributed by atoms with Gasteiger partial charge in [0.15, 0.2) is 0 Å². The van der Waals surface area contributed by atoms with Gasteiger partial charge in [0.1, 0.15) is 5.75 Å². The Kier molecular flexibility index (Phi) is 8.24. The van der Waals surface area contributed by atoms with Gasteiger partial charge in [-0.15, -0.1) is 0 Å². The molecule has 0 fully saturated rings. The van der Waals surface area contributed by atoms with E-state index in [0.29, 0.717) is 38.5 Å². The SMILES string of the molecule is COc1cc(-c2ccc(C(=O)N(C)[C@H](C)C(C)C)cc2)ccc1NC(=O)c1ccc(Cl)c(Cl)c1. The van der Waals surface area contributed by atoms with Gasteiger partial charge in [-0.1, -0.05) is 55.2 Å². The fourth-order valence-corrected chi connectivity index (χ4v) is 3.75. The summed E-state index contributed by atoms with van der Waals surface area (Å²) in [6.07, 6.45) is 0. The lowest BCUT2D eigenvalue weighted by Gasteiger charge is -2.28. The molecular formula is C27H28Cl2N2O3. The Balaban J connectivity index is 1.79. The first-order chi connectivity index (χ1) is 16.1. The normalized spacial score (nSPS) is 11.8. The average Bonchev–Trinajstić information content (AvgIpc) is 2.84. The Morgan fingerprint density at radius 2 is 1.47 bits per heavy atom. The van der Waals surface area contributed by atoms with E-state index in [9.17, 15) is 9.59 Å². The quantitative estimate of drug-likeness (QED) is 0.380. The topological polar surface area (TPSA) is 58.6 Å². The van der Waals surface area contributed by atoms with Crippen molar-refractivity contribution in [3.05, 3.63) is 81.8 Å². The van der Waals surface area contributed by atoms with Gasteiger partial charge >= 0.3 is 0 Å². The van der Waals surface area contributed by atoms with Gasteiger partial charge in [0.2, 0.25) is 0 Å². The second-order valence-electron chi connectivity index (χ2n) is 8.48. The maximum absolute atomic E-state index is 12.8. The van der Waals surface area contributed by atoms with Crippen LogP contribution in [0.15, 0.2) is 60.7 Å². The number of nitrogens with zero attached hydrogens (tertiary/aromatic N) is 1. The van der Waals surface area contributed by atoms with Crippen molar-refractivity contribution in [3.63, 3.8) is 0 Å². The lowest BCUT2D eigenvalue weighted by molar-refractivity contribution is 0.0707. The summed E-state index contributed by atoms with van der Waals surface area (Å²) >= 11 is 12.0. The van der Waals surface area contributed by atoms with Crippen LogP contribution < -0.4 is 10.1 Å². The van der Waals surface area contributed by atoms with Gasteiger partial charge in [-0.2, -0.15) is 0 Å². The van der Waals surface area contributed by atoms with Crippen LogP contribution in [-0.4, -0.2) is 36.9 Å². The van der Waals surface area contributed by atoms with Crippen LogP contribution >= 0.6 is 23.2 Å². The Morgan fingerprint density at radius 3 is 2.06 bits per heavy atom. The third-order valence-electron chi connectivity index (χ3n) is 5.99. The zero-order valence-corrected chi connectivity index (χ0v) is 21.4. The number of halogens is 2. The molecule has 0 spiro atoms. The number of carbonyl (C=O) groups excluding carboxylic acids is 2. The van der Waals surface area contributed by atoms with Gasteiger partial charge in [0.25, 0.3) is 11.8 Å². The summed E-state index contributed by atoms with van der Waals surface area (Å²) in [4.78, 5) is 27.2. The minimum Gasteiger partial charge on any atom is -0.495 e. The molecule has 3 rings (SSSR count). The van der Waals surface area contributed by atoms with Crippen molar-refractivity contribution in [2.24, 2.45) is 5.92 Å². The third-order valence-corrected chi connectivity index (χ3v) is 6.73. The van der Waals surface area contributed by atoms with Gasteiger partial charge < -0.3 is 15.0 Å². The maximum atomic E-state index is 12.8. The Bertz CT molecular complexity index is 1190. The van der Waals surface area contributed by atoms with E-state index < -0.39 is 0 Å². The van der Waals surface area contributed by atoms with E-state index in [1.165, 1.54) is 6.07 Å². The van der Waals surface area contributed by atoms with Gasteiger partial charge in [-0.05, 0) is 66.4 Å². The molecule has 0 aliphatic rings. The summed E-state index contributed by atoms with van der Waals surface area (Å²) < 4.78 is 5.51. The Morgan fingerprint density at radius 1 is 0.853 bits per heavy atom. The minimum atomic E-state index is -0.327. The van der Waals surface area contributed by atoms with Crippen molar-refractivity contribution in [3.8, 4) is 16.9 Å². The van der Waals surface area contributed by atoms with Crippen molar-refractivity contribution in [1.29, 1.82) is 0 Å². The van der Waals surface area contributed by atoms with Crippen molar-refractivity contribution in [1.82, 2.24) is 4.90 Å². The fourth-order valence-electron chi connectivity index (χ4n) is 3.45. The van der Waals surface area contributed by atoms with E-state index in [2.05, 4.69) is 19.2 Å². The van der Waals surface area contributed by atoms with Crippen LogP contribution in [0.4, 0.5) is 5.69 Å². The Hall–Kier alpha value is -3.02. The number of hydrogen-bond acceptors (Lipinski definition) is 3. The summed E-state index contributed by atoms with van der Waals surface area (Å²) in [5.74, 6) is 0.547. The molecule has 1 N–H and O–H groups in total. The Labute approximate surface area is 210 Å². The second-order valence-corrected chi connectivity index (χ2v) is 9.29. The lowest BCUT2D eigenvalue weighted by Crippen LogP contribution is -2.38. The van der Waals surface area contributed by atoms with Crippen molar-refractivity contribution >= 4 is 40.7 Å². The molecule has 0 aliphatic heterocycles. The highest BCUT2D eigenvalue weighted by atomic mass is 35.5. The largest absolute Gasteiger partial charge is 0.495 e. The predicted molar refractivity (Wildman–Crippen MR) is 139 cm³/mol. The number of ether oxygens (including phenoxy) is 1. The van der Waals surface area contributed by atoms with Crippen LogP contribution in [0.5, 0.6) is 5.75 Å². The number of hydrogen-bond donors (Lipinski definition) is 1. The predicted octanol–water partition coefficient (Wildman–Crippen LogP) is 7.04. The maximum Gasteiger partial charge on any atom is 0.255 e. The lowest BCUT2D eigenvalue weighted by atomic mass is 10.0. The molecule has 5 nitrogen and oxygen atoms in total. The number of anilines is 1. The summed E-state index contributed by atoms with van der Waals surface area (Å²) in [6, 6.07) is 17.8. The zero-order chi connectivity index (χ0) is 25.0. The minimum absolute atomic E-state index is 0.00862. The molecule has 0 saturated heterocycles. The highest BCUT2D eigenvalue weighted by Gasteiger charge is 2.20. The van der Waals surface area contributed by atoms with E-state index in [0.717, 1.165) is 11.1 Å². The number of benzene rings is 3. The number of methoxy groups -OCH3 is 1. The second kappa shape index (κ2) is 10.9. The zero-order valence-electron chi connectivity index (χ0n) is 19.9. The molecule has 2 amide bonds. The molecule has 7 heteroatoms. The highest BCUT2D eigenvalue weighted by molar-refractivity contribution is 6.42. The summed E-state index contributed by atoms with van der Waals surface area (Å²) in [5.41, 5.74) is 3.37. The molecule has 34 heavy (non-hydrogen) atoms. The van der Waals surface area contributed by atoms with Crippen LogP contribution in [-0.2, 0) is 0 Å². The van der Waals surface area contributed by atoms with Crippen LogP contribution in [0.2, 0.25) is 10.0 Å². The first-order valence-corrected chi connectivity index (χ1v) is 11.7. The number of carbonyl (C=O) groups is 2. The summed E-state index contributed by atoms with van der Waals surface area (Å²) in [7, 11) is 3.37. The van der Waals surface area contributed by atoms with Crippen molar-refractivity contribution in [2.75, 3.05) is 19.5 Å². The summed E-state index contributed by atoms with van der Waals surface area (Å²) in [5, 5.41) is 3.54. The standard InChI is InChI=1S/C27H28Cl2N2O3/c1-16(2)17(3)31(4)27(33)19-8-6-18(7-9-19)20-11-13-24(25(15-20)34-5)30-26(32)21-10-12-22(28)23(29)14-21/h6-17H,1-5H3,(H,30,32)/t17-/m1/s1. The van der Waals surface area contributed by atoms with E-state index in [-0.39, 0.29) is 17.9 Å². The van der Waals surface area contributed by atoms with Crippen LogP contribution in [0.3, 0.4) is 0 Å².